The highest BCUT2D eigenvalue weighted by atomic mass is 32.1. The SMILES string of the molecule is CC(C)/C(=C\CCC(=O)O)c1cccs1. The van der Waals surface area contributed by atoms with Crippen LogP contribution in [0.25, 0.3) is 5.57 Å². The van der Waals surface area contributed by atoms with Gasteiger partial charge >= 0.3 is 5.97 Å². The molecule has 0 bridgehead atoms. The smallest absolute Gasteiger partial charge is 0.303 e. The summed E-state index contributed by atoms with van der Waals surface area (Å²) >= 11 is 1.70. The van der Waals surface area contributed by atoms with E-state index in [2.05, 4.69) is 19.9 Å². The second-order valence-corrected chi connectivity index (χ2v) is 4.67. The van der Waals surface area contributed by atoms with Crippen LogP contribution in [0.4, 0.5) is 0 Å². The number of carboxylic acid groups (broad SMARTS) is 1. The van der Waals surface area contributed by atoms with Crippen LogP contribution in [0.15, 0.2) is 23.6 Å². The molecule has 1 aromatic heterocycles. The van der Waals surface area contributed by atoms with Crippen molar-refractivity contribution < 1.29 is 9.90 Å². The molecule has 0 aliphatic carbocycles. The molecule has 82 valence electrons. The molecule has 1 heterocycles. The number of carbonyl (C=O) groups is 1. The van der Waals surface area contributed by atoms with E-state index in [1.807, 2.05) is 17.5 Å². The molecule has 1 N–H and O–H groups in total. The van der Waals surface area contributed by atoms with E-state index < -0.39 is 5.97 Å². The summed E-state index contributed by atoms with van der Waals surface area (Å²) < 4.78 is 0. The van der Waals surface area contributed by atoms with Crippen LogP contribution in [0, 0.1) is 5.92 Å². The van der Waals surface area contributed by atoms with Gasteiger partial charge in [0.05, 0.1) is 0 Å². The lowest BCUT2D eigenvalue weighted by molar-refractivity contribution is -0.136. The third kappa shape index (κ3) is 3.88. The molecule has 0 atom stereocenters. The first-order chi connectivity index (χ1) is 7.11. The van der Waals surface area contributed by atoms with E-state index in [0.29, 0.717) is 12.3 Å². The Balaban J connectivity index is 2.70. The molecule has 0 unspecified atom stereocenters. The van der Waals surface area contributed by atoms with Gasteiger partial charge in [0.25, 0.3) is 0 Å². The summed E-state index contributed by atoms with van der Waals surface area (Å²) in [7, 11) is 0. The van der Waals surface area contributed by atoms with Gasteiger partial charge in [-0.2, -0.15) is 0 Å². The van der Waals surface area contributed by atoms with Gasteiger partial charge in [-0.3, -0.25) is 4.79 Å². The fraction of sp³-hybridized carbons (Fsp3) is 0.417. The molecule has 0 spiro atoms. The Bertz CT molecular complexity index is 337. The van der Waals surface area contributed by atoms with E-state index in [1.165, 1.54) is 10.5 Å². The average Bonchev–Trinajstić information content (AvgIpc) is 2.63. The first-order valence-electron chi connectivity index (χ1n) is 5.07. The molecule has 0 amide bonds. The Morgan fingerprint density at radius 1 is 1.60 bits per heavy atom. The molecule has 3 heteroatoms. The van der Waals surface area contributed by atoms with Crippen LogP contribution >= 0.6 is 11.3 Å². The summed E-state index contributed by atoms with van der Waals surface area (Å²) in [5.41, 5.74) is 1.26. The van der Waals surface area contributed by atoms with Gasteiger partial charge in [-0.1, -0.05) is 26.0 Å². The number of rotatable bonds is 5. The Hall–Kier alpha value is -1.09. The number of allylic oxidation sites excluding steroid dienone is 2. The first-order valence-corrected chi connectivity index (χ1v) is 5.95. The zero-order chi connectivity index (χ0) is 11.3. The molecule has 0 aliphatic heterocycles. The predicted octanol–water partition coefficient (Wildman–Crippen LogP) is 3.65. The number of carboxylic acids is 1. The van der Waals surface area contributed by atoms with Crippen molar-refractivity contribution in [2.45, 2.75) is 26.7 Å². The van der Waals surface area contributed by atoms with Crippen LogP contribution in [0.5, 0.6) is 0 Å². The Morgan fingerprint density at radius 3 is 2.80 bits per heavy atom. The Kier molecular flexibility index (Phi) is 4.56. The maximum atomic E-state index is 10.4. The minimum atomic E-state index is -0.736. The summed E-state index contributed by atoms with van der Waals surface area (Å²) in [6.07, 6.45) is 2.87. The second kappa shape index (κ2) is 5.71. The van der Waals surface area contributed by atoms with Gasteiger partial charge in [0.2, 0.25) is 0 Å². The van der Waals surface area contributed by atoms with E-state index in [0.717, 1.165) is 0 Å². The van der Waals surface area contributed by atoms with Gasteiger partial charge in [-0.05, 0) is 29.4 Å². The van der Waals surface area contributed by atoms with Gasteiger partial charge < -0.3 is 5.11 Å². The van der Waals surface area contributed by atoms with Gasteiger partial charge in [0, 0.05) is 11.3 Å². The number of hydrogen-bond acceptors (Lipinski definition) is 2. The lowest BCUT2D eigenvalue weighted by atomic mass is 10.00. The second-order valence-electron chi connectivity index (χ2n) is 3.72. The number of aliphatic carboxylic acids is 1. The number of hydrogen-bond donors (Lipinski definition) is 1. The zero-order valence-corrected chi connectivity index (χ0v) is 9.88. The molecule has 0 radical (unpaired) electrons. The third-order valence-electron chi connectivity index (χ3n) is 2.15. The van der Waals surface area contributed by atoms with Crippen molar-refractivity contribution in [2.24, 2.45) is 5.92 Å². The van der Waals surface area contributed by atoms with Gasteiger partial charge in [0.15, 0.2) is 0 Å². The predicted molar refractivity (Wildman–Crippen MR) is 64.0 cm³/mol. The van der Waals surface area contributed by atoms with Crippen molar-refractivity contribution in [3.63, 3.8) is 0 Å². The molecule has 0 saturated heterocycles. The van der Waals surface area contributed by atoms with Crippen molar-refractivity contribution in [2.75, 3.05) is 0 Å². The molecule has 0 saturated carbocycles. The lowest BCUT2D eigenvalue weighted by Gasteiger charge is -2.08. The Morgan fingerprint density at radius 2 is 2.33 bits per heavy atom. The standard InChI is InChI=1S/C12H16O2S/c1-9(2)10(5-3-7-12(13)14)11-6-4-8-15-11/h4-6,8-9H,3,7H2,1-2H3,(H,13,14)/b10-5+. The molecule has 2 nitrogen and oxygen atoms in total. The minimum Gasteiger partial charge on any atom is -0.481 e. The largest absolute Gasteiger partial charge is 0.481 e. The van der Waals surface area contributed by atoms with Crippen LogP contribution in [0.3, 0.4) is 0 Å². The molecule has 1 aromatic rings. The van der Waals surface area contributed by atoms with Crippen LogP contribution < -0.4 is 0 Å². The number of thiophene rings is 1. The summed E-state index contributed by atoms with van der Waals surface area (Å²) in [5.74, 6) is -0.294. The maximum absolute atomic E-state index is 10.4. The summed E-state index contributed by atoms with van der Waals surface area (Å²) in [6, 6.07) is 4.10. The average molecular weight is 224 g/mol. The molecule has 0 fully saturated rings. The van der Waals surface area contributed by atoms with E-state index in [1.54, 1.807) is 11.3 Å². The zero-order valence-electron chi connectivity index (χ0n) is 9.06. The topological polar surface area (TPSA) is 37.3 Å². The molecular formula is C12H16O2S. The van der Waals surface area contributed by atoms with E-state index in [-0.39, 0.29) is 6.42 Å². The molecule has 0 aliphatic rings. The fourth-order valence-electron chi connectivity index (χ4n) is 1.41. The lowest BCUT2D eigenvalue weighted by Crippen LogP contribution is -1.95. The van der Waals surface area contributed by atoms with Crippen LogP contribution in [0.1, 0.15) is 31.6 Å². The van der Waals surface area contributed by atoms with Crippen LogP contribution in [0.2, 0.25) is 0 Å². The van der Waals surface area contributed by atoms with Crippen LogP contribution in [-0.4, -0.2) is 11.1 Å². The fourth-order valence-corrected chi connectivity index (χ4v) is 2.33. The molecular weight excluding hydrogens is 208 g/mol. The maximum Gasteiger partial charge on any atom is 0.303 e. The van der Waals surface area contributed by atoms with Gasteiger partial charge in [0.1, 0.15) is 0 Å². The van der Waals surface area contributed by atoms with E-state index in [9.17, 15) is 4.79 Å². The monoisotopic (exact) mass is 224 g/mol. The first kappa shape index (κ1) is 12.0. The van der Waals surface area contributed by atoms with Crippen molar-refractivity contribution in [3.8, 4) is 0 Å². The summed E-state index contributed by atoms with van der Waals surface area (Å²) in [4.78, 5) is 11.7. The normalized spacial score (nSPS) is 12.1. The summed E-state index contributed by atoms with van der Waals surface area (Å²) in [5, 5.41) is 10.6. The third-order valence-corrected chi connectivity index (χ3v) is 3.07. The summed E-state index contributed by atoms with van der Waals surface area (Å²) in [6.45, 7) is 4.26. The molecule has 15 heavy (non-hydrogen) atoms. The van der Waals surface area contributed by atoms with Gasteiger partial charge in [-0.15, -0.1) is 11.3 Å². The molecule has 0 aromatic carbocycles. The molecule has 1 rings (SSSR count). The van der Waals surface area contributed by atoms with E-state index >= 15 is 0 Å². The van der Waals surface area contributed by atoms with Crippen molar-refractivity contribution >= 4 is 22.9 Å². The highest BCUT2D eigenvalue weighted by Gasteiger charge is 2.07. The Labute approximate surface area is 94.3 Å². The minimum absolute atomic E-state index is 0.210. The quantitative estimate of drug-likeness (QED) is 0.828. The highest BCUT2D eigenvalue weighted by Crippen LogP contribution is 2.27. The van der Waals surface area contributed by atoms with Crippen LogP contribution in [-0.2, 0) is 4.79 Å². The van der Waals surface area contributed by atoms with Crippen molar-refractivity contribution in [1.29, 1.82) is 0 Å². The van der Waals surface area contributed by atoms with E-state index in [4.69, 9.17) is 5.11 Å². The van der Waals surface area contributed by atoms with Gasteiger partial charge in [-0.25, -0.2) is 0 Å². The van der Waals surface area contributed by atoms with Crippen molar-refractivity contribution in [1.82, 2.24) is 0 Å². The highest BCUT2D eigenvalue weighted by molar-refractivity contribution is 7.11. The van der Waals surface area contributed by atoms with Crippen molar-refractivity contribution in [3.05, 3.63) is 28.5 Å².